The molecular weight excluding hydrogens is 322 g/mol. The number of likely N-dealkylation sites (tertiary alicyclic amines) is 1. The molecule has 0 saturated carbocycles. The summed E-state index contributed by atoms with van der Waals surface area (Å²) in [6.07, 6.45) is 5.63. The Hall–Kier alpha value is -2.01. The summed E-state index contributed by atoms with van der Waals surface area (Å²) in [5, 5.41) is 8.38. The third-order valence-corrected chi connectivity index (χ3v) is 5.37. The third kappa shape index (κ3) is 4.79. The largest absolute Gasteiger partial charge is 0.356 e. The second-order valence-electron chi connectivity index (χ2n) is 7.47. The van der Waals surface area contributed by atoms with E-state index in [-0.39, 0.29) is 0 Å². The number of benzene rings is 1. The summed E-state index contributed by atoms with van der Waals surface area (Å²) in [5.41, 5.74) is 1.31. The van der Waals surface area contributed by atoms with Crippen molar-refractivity contribution in [3.8, 4) is 0 Å². The number of aromatic nitrogens is 1. The highest BCUT2D eigenvalue weighted by Crippen LogP contribution is 2.15. The van der Waals surface area contributed by atoms with Crippen molar-refractivity contribution in [1.29, 1.82) is 0 Å². The Labute approximate surface area is 157 Å². The minimum Gasteiger partial charge on any atom is -0.356 e. The maximum atomic E-state index is 4.39. The van der Waals surface area contributed by atoms with Gasteiger partial charge in [-0.1, -0.05) is 18.2 Å². The van der Waals surface area contributed by atoms with Crippen LogP contribution < -0.4 is 10.6 Å². The van der Waals surface area contributed by atoms with Crippen LogP contribution in [-0.4, -0.2) is 54.2 Å². The highest BCUT2D eigenvalue weighted by atomic mass is 15.2. The summed E-state index contributed by atoms with van der Waals surface area (Å²) in [5.74, 6) is 0.936. The van der Waals surface area contributed by atoms with Gasteiger partial charge in [-0.15, -0.1) is 0 Å². The summed E-state index contributed by atoms with van der Waals surface area (Å²) in [4.78, 5) is 6.95. The van der Waals surface area contributed by atoms with E-state index in [9.17, 15) is 0 Å². The molecule has 0 unspecified atom stereocenters. The molecule has 0 radical (unpaired) electrons. The molecule has 1 aromatic heterocycles. The number of aliphatic imine (C=N–C) groups is 1. The molecular formula is C21H33N5. The Balaban J connectivity index is 1.39. The van der Waals surface area contributed by atoms with E-state index < -0.39 is 0 Å². The van der Waals surface area contributed by atoms with Gasteiger partial charge < -0.3 is 20.1 Å². The molecule has 0 bridgehead atoms. The predicted octanol–water partition coefficient (Wildman–Crippen LogP) is 3.07. The van der Waals surface area contributed by atoms with Crippen molar-refractivity contribution in [2.45, 2.75) is 51.7 Å². The average molecular weight is 356 g/mol. The standard InChI is InChI=1S/C21H33N5/c1-17(2)25-15-10-19(11-16-25)24-21(22-3)23-12-6-13-26-14-9-18-7-4-5-8-20(18)26/h4-5,7-9,14,17,19H,6,10-13,15-16H2,1-3H3,(H2,22,23,24). The van der Waals surface area contributed by atoms with Crippen molar-refractivity contribution in [2.75, 3.05) is 26.7 Å². The summed E-state index contributed by atoms with van der Waals surface area (Å²) in [6, 6.07) is 11.9. The van der Waals surface area contributed by atoms with Crippen LogP contribution in [-0.2, 0) is 6.54 Å². The van der Waals surface area contributed by atoms with Gasteiger partial charge in [-0.3, -0.25) is 4.99 Å². The molecule has 2 N–H and O–H groups in total. The Bertz CT molecular complexity index is 710. The number of aryl methyl sites for hydroxylation is 1. The van der Waals surface area contributed by atoms with Crippen molar-refractivity contribution < 1.29 is 0 Å². The lowest BCUT2D eigenvalue weighted by molar-refractivity contribution is 0.167. The van der Waals surface area contributed by atoms with Crippen LogP contribution in [0.3, 0.4) is 0 Å². The zero-order valence-electron chi connectivity index (χ0n) is 16.4. The molecule has 1 saturated heterocycles. The van der Waals surface area contributed by atoms with Gasteiger partial charge >= 0.3 is 0 Å². The number of hydrogen-bond donors (Lipinski definition) is 2. The van der Waals surface area contributed by atoms with Crippen molar-refractivity contribution >= 4 is 16.9 Å². The lowest BCUT2D eigenvalue weighted by Crippen LogP contribution is -2.50. The zero-order valence-corrected chi connectivity index (χ0v) is 16.4. The first-order valence-corrected chi connectivity index (χ1v) is 9.92. The lowest BCUT2D eigenvalue weighted by Gasteiger charge is -2.35. The molecule has 1 aromatic carbocycles. The Morgan fingerprint density at radius 2 is 1.96 bits per heavy atom. The fourth-order valence-corrected chi connectivity index (χ4v) is 3.74. The topological polar surface area (TPSA) is 44.6 Å². The predicted molar refractivity (Wildman–Crippen MR) is 111 cm³/mol. The highest BCUT2D eigenvalue weighted by molar-refractivity contribution is 5.80. The van der Waals surface area contributed by atoms with E-state index >= 15 is 0 Å². The van der Waals surface area contributed by atoms with Gasteiger partial charge in [-0.05, 0) is 50.6 Å². The smallest absolute Gasteiger partial charge is 0.191 e. The van der Waals surface area contributed by atoms with Gasteiger partial charge in [0.25, 0.3) is 0 Å². The van der Waals surface area contributed by atoms with Gasteiger partial charge in [0, 0.05) is 57.0 Å². The summed E-state index contributed by atoms with van der Waals surface area (Å²) in [6.45, 7) is 8.85. The quantitative estimate of drug-likeness (QED) is 0.475. The van der Waals surface area contributed by atoms with Crippen LogP contribution in [0.2, 0.25) is 0 Å². The Kier molecular flexibility index (Phi) is 6.56. The summed E-state index contributed by atoms with van der Waals surface area (Å²) < 4.78 is 2.33. The Morgan fingerprint density at radius 1 is 1.19 bits per heavy atom. The molecule has 0 spiro atoms. The number of nitrogens with zero attached hydrogens (tertiary/aromatic N) is 3. The molecule has 26 heavy (non-hydrogen) atoms. The minimum absolute atomic E-state index is 0.532. The molecule has 5 nitrogen and oxygen atoms in total. The number of piperidine rings is 1. The van der Waals surface area contributed by atoms with Crippen LogP contribution in [0.5, 0.6) is 0 Å². The molecule has 1 fully saturated rings. The Morgan fingerprint density at radius 3 is 2.69 bits per heavy atom. The third-order valence-electron chi connectivity index (χ3n) is 5.37. The van der Waals surface area contributed by atoms with Crippen LogP contribution in [0.1, 0.15) is 33.1 Å². The van der Waals surface area contributed by atoms with E-state index in [0.717, 1.165) is 25.5 Å². The number of para-hydroxylation sites is 1. The van der Waals surface area contributed by atoms with Crippen molar-refractivity contribution in [3.05, 3.63) is 36.5 Å². The van der Waals surface area contributed by atoms with Crippen LogP contribution in [0.4, 0.5) is 0 Å². The molecule has 2 aromatic rings. The maximum absolute atomic E-state index is 4.39. The van der Waals surface area contributed by atoms with E-state index in [0.29, 0.717) is 12.1 Å². The van der Waals surface area contributed by atoms with Gasteiger partial charge in [-0.25, -0.2) is 0 Å². The fourth-order valence-electron chi connectivity index (χ4n) is 3.74. The van der Waals surface area contributed by atoms with Gasteiger partial charge in [0.05, 0.1) is 0 Å². The SMILES string of the molecule is CN=C(NCCCn1ccc2ccccc21)NC1CCN(C(C)C)CC1. The molecule has 0 amide bonds. The van der Waals surface area contributed by atoms with E-state index in [2.05, 4.69) is 75.5 Å². The second kappa shape index (κ2) is 9.08. The van der Waals surface area contributed by atoms with E-state index in [1.807, 2.05) is 7.05 Å². The van der Waals surface area contributed by atoms with Crippen molar-refractivity contribution in [3.63, 3.8) is 0 Å². The number of nitrogens with one attached hydrogen (secondary N) is 2. The lowest BCUT2D eigenvalue weighted by atomic mass is 10.0. The molecule has 3 rings (SSSR count). The molecule has 1 aliphatic heterocycles. The minimum atomic E-state index is 0.532. The first-order valence-electron chi connectivity index (χ1n) is 9.92. The van der Waals surface area contributed by atoms with Gasteiger partial charge in [0.1, 0.15) is 0 Å². The van der Waals surface area contributed by atoms with Crippen LogP contribution in [0, 0.1) is 0 Å². The monoisotopic (exact) mass is 355 g/mol. The van der Waals surface area contributed by atoms with Crippen LogP contribution >= 0.6 is 0 Å². The van der Waals surface area contributed by atoms with Crippen molar-refractivity contribution in [2.24, 2.45) is 4.99 Å². The van der Waals surface area contributed by atoms with Crippen molar-refractivity contribution in [1.82, 2.24) is 20.1 Å². The van der Waals surface area contributed by atoms with E-state index in [4.69, 9.17) is 0 Å². The fraction of sp³-hybridized carbons (Fsp3) is 0.571. The molecule has 5 heteroatoms. The zero-order chi connectivity index (χ0) is 18.4. The number of guanidine groups is 1. The second-order valence-corrected chi connectivity index (χ2v) is 7.47. The van der Waals surface area contributed by atoms with Gasteiger partial charge in [-0.2, -0.15) is 0 Å². The summed E-state index contributed by atoms with van der Waals surface area (Å²) in [7, 11) is 1.86. The van der Waals surface area contributed by atoms with Crippen LogP contribution in [0.25, 0.3) is 10.9 Å². The van der Waals surface area contributed by atoms with E-state index in [1.54, 1.807) is 0 Å². The molecule has 0 aliphatic carbocycles. The maximum Gasteiger partial charge on any atom is 0.191 e. The van der Waals surface area contributed by atoms with Crippen LogP contribution in [0.15, 0.2) is 41.5 Å². The van der Waals surface area contributed by atoms with E-state index in [1.165, 1.54) is 36.8 Å². The molecule has 0 atom stereocenters. The van der Waals surface area contributed by atoms with Gasteiger partial charge in [0.2, 0.25) is 0 Å². The highest BCUT2D eigenvalue weighted by Gasteiger charge is 2.21. The normalized spacial score (nSPS) is 17.2. The number of fused-ring (bicyclic) bond motifs is 1. The first-order chi connectivity index (χ1) is 12.7. The average Bonchev–Trinajstić information content (AvgIpc) is 3.08. The molecule has 2 heterocycles. The first kappa shape index (κ1) is 18.8. The van der Waals surface area contributed by atoms with Gasteiger partial charge in [0.15, 0.2) is 5.96 Å². The molecule has 1 aliphatic rings. The summed E-state index contributed by atoms with van der Waals surface area (Å²) >= 11 is 0. The number of rotatable bonds is 6. The molecule has 142 valence electrons. The number of hydrogen-bond acceptors (Lipinski definition) is 2.